The number of rotatable bonds is 0. The molecular weight excluding hydrogens is 162 g/mol. The Hall–Kier alpha value is -1.53. The van der Waals surface area contributed by atoms with Crippen molar-refractivity contribution in [3.05, 3.63) is 28.8 Å². The monoisotopic (exact) mass is 173 g/mol. The first-order valence-corrected chi connectivity index (χ1v) is 4.30. The third-order valence-corrected chi connectivity index (χ3v) is 2.56. The lowest BCUT2D eigenvalue weighted by Gasteiger charge is -2.06. The Labute approximate surface area is 77.0 Å². The highest BCUT2D eigenvalue weighted by molar-refractivity contribution is 5.59. The summed E-state index contributed by atoms with van der Waals surface area (Å²) in [7, 11) is 0. The molecule has 0 bridgehead atoms. The fraction of sp³-hybridized carbons (Fsp3) is 0.300. The second-order valence-corrected chi connectivity index (χ2v) is 3.40. The molecule has 0 saturated carbocycles. The van der Waals surface area contributed by atoms with Crippen molar-refractivity contribution in [2.45, 2.75) is 18.9 Å². The smallest absolute Gasteiger partial charge is 0.101 e. The lowest BCUT2D eigenvalue weighted by Crippen LogP contribution is -2.06. The van der Waals surface area contributed by atoms with Gasteiger partial charge in [0.05, 0.1) is 5.56 Å². The molecule has 66 valence electrons. The second kappa shape index (κ2) is 2.75. The number of hydrogen-bond donors (Lipinski definition) is 2. The number of benzene rings is 1. The average Bonchev–Trinajstić information content (AvgIpc) is 2.47. The van der Waals surface area contributed by atoms with Gasteiger partial charge in [0.2, 0.25) is 0 Å². The fourth-order valence-electron chi connectivity index (χ4n) is 1.80. The largest absolute Gasteiger partial charge is 0.398 e. The van der Waals surface area contributed by atoms with Crippen molar-refractivity contribution >= 4 is 5.69 Å². The molecule has 0 saturated heterocycles. The van der Waals surface area contributed by atoms with Crippen molar-refractivity contribution in [2.24, 2.45) is 5.73 Å². The van der Waals surface area contributed by atoms with E-state index >= 15 is 0 Å². The van der Waals surface area contributed by atoms with E-state index in [4.69, 9.17) is 16.7 Å². The Morgan fingerprint density at radius 1 is 1.46 bits per heavy atom. The number of nitrogens with two attached hydrogens (primary N) is 2. The number of nitrogens with zero attached hydrogens (tertiary/aromatic N) is 1. The van der Waals surface area contributed by atoms with Crippen LogP contribution in [0.2, 0.25) is 0 Å². The van der Waals surface area contributed by atoms with Crippen molar-refractivity contribution in [3.63, 3.8) is 0 Å². The van der Waals surface area contributed by atoms with Crippen LogP contribution in [0.5, 0.6) is 0 Å². The number of nitrogen functional groups attached to an aromatic ring is 1. The molecule has 0 aromatic heterocycles. The van der Waals surface area contributed by atoms with E-state index in [1.165, 1.54) is 5.56 Å². The number of nitriles is 1. The molecule has 13 heavy (non-hydrogen) atoms. The van der Waals surface area contributed by atoms with Gasteiger partial charge in [0.25, 0.3) is 0 Å². The lowest BCUT2D eigenvalue weighted by atomic mass is 10.0. The minimum absolute atomic E-state index is 0.102. The molecule has 1 aromatic rings. The molecule has 4 N–H and O–H groups in total. The molecule has 1 atom stereocenters. The molecule has 1 aliphatic rings. The van der Waals surface area contributed by atoms with Crippen LogP contribution in [-0.2, 0) is 6.42 Å². The van der Waals surface area contributed by atoms with Crippen LogP contribution in [0.3, 0.4) is 0 Å². The van der Waals surface area contributed by atoms with Crippen LogP contribution in [-0.4, -0.2) is 0 Å². The summed E-state index contributed by atoms with van der Waals surface area (Å²) in [6.45, 7) is 0. The summed E-state index contributed by atoms with van der Waals surface area (Å²) >= 11 is 0. The zero-order valence-electron chi connectivity index (χ0n) is 7.25. The molecular formula is C10H11N3. The van der Waals surface area contributed by atoms with Crippen LogP contribution in [0.15, 0.2) is 12.1 Å². The van der Waals surface area contributed by atoms with Gasteiger partial charge in [-0.15, -0.1) is 0 Å². The first-order chi connectivity index (χ1) is 6.22. The highest BCUT2D eigenvalue weighted by Crippen LogP contribution is 2.32. The summed E-state index contributed by atoms with van der Waals surface area (Å²) in [5.41, 5.74) is 14.9. The van der Waals surface area contributed by atoms with Gasteiger partial charge in [0, 0.05) is 11.7 Å². The number of hydrogen-bond acceptors (Lipinski definition) is 3. The molecule has 1 aromatic carbocycles. The normalized spacial score (nSPS) is 19.5. The molecule has 0 aliphatic heterocycles. The van der Waals surface area contributed by atoms with E-state index in [9.17, 15) is 0 Å². The highest BCUT2D eigenvalue weighted by Gasteiger charge is 2.20. The van der Waals surface area contributed by atoms with Gasteiger partial charge in [0.15, 0.2) is 0 Å². The fourth-order valence-corrected chi connectivity index (χ4v) is 1.80. The van der Waals surface area contributed by atoms with Crippen LogP contribution >= 0.6 is 0 Å². The van der Waals surface area contributed by atoms with E-state index in [0.29, 0.717) is 11.3 Å². The van der Waals surface area contributed by atoms with Gasteiger partial charge in [-0.3, -0.25) is 0 Å². The van der Waals surface area contributed by atoms with E-state index in [1.807, 2.05) is 12.1 Å². The zero-order chi connectivity index (χ0) is 9.42. The van der Waals surface area contributed by atoms with Crippen molar-refractivity contribution in [1.82, 2.24) is 0 Å². The first kappa shape index (κ1) is 8.09. The molecule has 0 heterocycles. The third kappa shape index (κ3) is 1.16. The Morgan fingerprint density at radius 3 is 2.92 bits per heavy atom. The molecule has 3 nitrogen and oxygen atoms in total. The predicted octanol–water partition coefficient (Wildman–Crippen LogP) is 1.09. The van der Waals surface area contributed by atoms with Gasteiger partial charge in [-0.25, -0.2) is 0 Å². The summed E-state index contributed by atoms with van der Waals surface area (Å²) in [5, 5.41) is 8.75. The quantitative estimate of drug-likeness (QED) is 0.576. The van der Waals surface area contributed by atoms with Crippen molar-refractivity contribution < 1.29 is 0 Å². The van der Waals surface area contributed by atoms with E-state index < -0.39 is 0 Å². The summed E-state index contributed by atoms with van der Waals surface area (Å²) in [4.78, 5) is 0. The maximum atomic E-state index is 8.75. The SMILES string of the molecule is N#Cc1cc2c(cc1N)[C@H](N)CC2. The predicted molar refractivity (Wildman–Crippen MR) is 50.8 cm³/mol. The van der Waals surface area contributed by atoms with Crippen molar-refractivity contribution in [3.8, 4) is 6.07 Å². The van der Waals surface area contributed by atoms with E-state index in [0.717, 1.165) is 18.4 Å². The molecule has 0 radical (unpaired) electrons. The van der Waals surface area contributed by atoms with Crippen LogP contribution in [0.1, 0.15) is 29.2 Å². The first-order valence-electron chi connectivity index (χ1n) is 4.30. The maximum Gasteiger partial charge on any atom is 0.101 e. The van der Waals surface area contributed by atoms with Gasteiger partial charge in [-0.05, 0) is 36.1 Å². The average molecular weight is 173 g/mol. The topological polar surface area (TPSA) is 75.8 Å². The van der Waals surface area contributed by atoms with Crippen LogP contribution in [0, 0.1) is 11.3 Å². The summed E-state index contributed by atoms with van der Waals surface area (Å²) in [6.07, 6.45) is 1.93. The van der Waals surface area contributed by atoms with Gasteiger partial charge in [0.1, 0.15) is 6.07 Å². The maximum absolute atomic E-state index is 8.75. The lowest BCUT2D eigenvalue weighted by molar-refractivity contribution is 0.713. The number of aryl methyl sites for hydroxylation is 1. The van der Waals surface area contributed by atoms with E-state index in [2.05, 4.69) is 6.07 Å². The third-order valence-electron chi connectivity index (χ3n) is 2.56. The number of anilines is 1. The van der Waals surface area contributed by atoms with Crippen molar-refractivity contribution in [1.29, 1.82) is 5.26 Å². The zero-order valence-corrected chi connectivity index (χ0v) is 7.25. The van der Waals surface area contributed by atoms with Crippen LogP contribution < -0.4 is 11.5 Å². The standard InChI is InChI=1S/C10H11N3/c11-5-7-3-6-1-2-9(12)8(6)4-10(7)13/h3-4,9H,1-2,12-13H2/t9-/m1/s1. The number of fused-ring (bicyclic) bond motifs is 1. The van der Waals surface area contributed by atoms with Gasteiger partial charge < -0.3 is 11.5 Å². The summed E-state index contributed by atoms with van der Waals surface area (Å²) < 4.78 is 0. The molecule has 1 aliphatic carbocycles. The molecule has 0 spiro atoms. The minimum atomic E-state index is 0.102. The Bertz CT molecular complexity index is 390. The van der Waals surface area contributed by atoms with Crippen LogP contribution in [0.25, 0.3) is 0 Å². The Morgan fingerprint density at radius 2 is 2.23 bits per heavy atom. The van der Waals surface area contributed by atoms with Gasteiger partial charge in [-0.1, -0.05) is 0 Å². The highest BCUT2D eigenvalue weighted by atomic mass is 14.7. The van der Waals surface area contributed by atoms with E-state index in [-0.39, 0.29) is 6.04 Å². The molecule has 0 fully saturated rings. The second-order valence-electron chi connectivity index (χ2n) is 3.40. The summed E-state index contributed by atoms with van der Waals surface area (Å²) in [5.74, 6) is 0. The summed E-state index contributed by atoms with van der Waals surface area (Å²) in [6, 6.07) is 5.87. The Kier molecular flexibility index (Phi) is 1.71. The molecule has 2 rings (SSSR count). The van der Waals surface area contributed by atoms with Crippen molar-refractivity contribution in [2.75, 3.05) is 5.73 Å². The van der Waals surface area contributed by atoms with Gasteiger partial charge in [-0.2, -0.15) is 5.26 Å². The molecule has 0 amide bonds. The van der Waals surface area contributed by atoms with E-state index in [1.54, 1.807) is 0 Å². The van der Waals surface area contributed by atoms with Gasteiger partial charge >= 0.3 is 0 Å². The minimum Gasteiger partial charge on any atom is -0.398 e. The molecule has 3 heteroatoms. The molecule has 0 unspecified atom stereocenters. The Balaban J connectivity index is 2.58. The van der Waals surface area contributed by atoms with Crippen LogP contribution in [0.4, 0.5) is 5.69 Å².